The predicted molar refractivity (Wildman–Crippen MR) is 85.4 cm³/mol. The maximum absolute atomic E-state index is 13.7. The number of nitrogens with one attached hydrogen (secondary N) is 1. The predicted octanol–water partition coefficient (Wildman–Crippen LogP) is 2.70. The summed E-state index contributed by atoms with van der Waals surface area (Å²) in [6.07, 6.45) is 2.13. The van der Waals surface area contributed by atoms with E-state index in [1.54, 1.807) is 0 Å². The van der Waals surface area contributed by atoms with Crippen LogP contribution in [0.1, 0.15) is 24.7 Å². The first-order valence-electron chi connectivity index (χ1n) is 7.24. The maximum atomic E-state index is 13.7. The maximum Gasteiger partial charge on any atom is 0.271 e. The van der Waals surface area contributed by atoms with Crippen molar-refractivity contribution in [3.05, 3.63) is 40.0 Å². The molecule has 0 bridgehead atoms. The highest BCUT2D eigenvalue weighted by Gasteiger charge is 2.28. The van der Waals surface area contributed by atoms with Gasteiger partial charge >= 0.3 is 0 Å². The van der Waals surface area contributed by atoms with Crippen molar-refractivity contribution in [1.82, 2.24) is 14.8 Å². The van der Waals surface area contributed by atoms with Gasteiger partial charge in [0.25, 0.3) is 5.69 Å². The number of thioether (sulfide) groups is 1. The number of nitro benzene ring substituents is 1. The summed E-state index contributed by atoms with van der Waals surface area (Å²) in [5, 5.41) is 21.8. The summed E-state index contributed by atoms with van der Waals surface area (Å²) in [4.78, 5) is 22.1. The van der Waals surface area contributed by atoms with Crippen LogP contribution in [-0.2, 0) is 4.79 Å². The molecule has 3 rings (SSSR count). The van der Waals surface area contributed by atoms with E-state index in [0.29, 0.717) is 11.2 Å². The molecule has 0 saturated heterocycles. The van der Waals surface area contributed by atoms with Gasteiger partial charge < -0.3 is 9.88 Å². The van der Waals surface area contributed by atoms with Gasteiger partial charge in [-0.25, -0.2) is 4.39 Å². The number of carbonyl (C=O) groups excluding carboxylic acids is 1. The normalized spacial score (nSPS) is 13.8. The van der Waals surface area contributed by atoms with E-state index in [0.717, 1.165) is 36.9 Å². The first-order valence-corrected chi connectivity index (χ1v) is 8.22. The van der Waals surface area contributed by atoms with Gasteiger partial charge in [0.2, 0.25) is 5.91 Å². The number of aromatic nitrogens is 3. The van der Waals surface area contributed by atoms with Crippen LogP contribution in [0, 0.1) is 22.9 Å². The second-order valence-electron chi connectivity index (χ2n) is 5.39. The molecule has 10 heteroatoms. The third-order valence-corrected chi connectivity index (χ3v) is 4.46. The van der Waals surface area contributed by atoms with Gasteiger partial charge in [-0.15, -0.1) is 10.2 Å². The second kappa shape index (κ2) is 6.56. The lowest BCUT2D eigenvalue weighted by molar-refractivity contribution is -0.384. The van der Waals surface area contributed by atoms with Gasteiger partial charge in [0.05, 0.1) is 16.4 Å². The fourth-order valence-corrected chi connectivity index (χ4v) is 3.09. The molecule has 24 heavy (non-hydrogen) atoms. The van der Waals surface area contributed by atoms with E-state index < -0.39 is 16.6 Å². The van der Waals surface area contributed by atoms with E-state index in [9.17, 15) is 19.3 Å². The average molecular weight is 351 g/mol. The van der Waals surface area contributed by atoms with Crippen LogP contribution in [0.4, 0.5) is 15.8 Å². The molecule has 1 aromatic carbocycles. The standard InChI is InChI=1S/C14H14FN5O3S/c1-8-17-18-14(19(8)9-2-3-9)24-7-13(21)16-12-6-10(20(22)23)4-5-11(12)15/h4-6,9H,2-3,7H2,1H3,(H,16,21). The molecule has 1 amide bonds. The van der Waals surface area contributed by atoms with Crippen molar-refractivity contribution >= 4 is 29.0 Å². The Bertz CT molecular complexity index is 806. The van der Waals surface area contributed by atoms with E-state index in [4.69, 9.17) is 0 Å². The third kappa shape index (κ3) is 3.53. The van der Waals surface area contributed by atoms with Crippen LogP contribution >= 0.6 is 11.8 Å². The molecule has 1 saturated carbocycles. The van der Waals surface area contributed by atoms with Crippen molar-refractivity contribution in [2.24, 2.45) is 0 Å². The van der Waals surface area contributed by atoms with Crippen molar-refractivity contribution < 1.29 is 14.1 Å². The number of aryl methyl sites for hydroxylation is 1. The van der Waals surface area contributed by atoms with Gasteiger partial charge in [-0.1, -0.05) is 11.8 Å². The molecule has 0 radical (unpaired) electrons. The van der Waals surface area contributed by atoms with Crippen molar-refractivity contribution in [2.45, 2.75) is 31.0 Å². The molecule has 0 aliphatic heterocycles. The molecule has 1 heterocycles. The zero-order valence-electron chi connectivity index (χ0n) is 12.7. The zero-order valence-corrected chi connectivity index (χ0v) is 13.5. The largest absolute Gasteiger partial charge is 0.323 e. The minimum Gasteiger partial charge on any atom is -0.323 e. The van der Waals surface area contributed by atoms with Crippen molar-refractivity contribution in [3.63, 3.8) is 0 Å². The number of hydrogen-bond acceptors (Lipinski definition) is 6. The highest BCUT2D eigenvalue weighted by molar-refractivity contribution is 7.99. The SMILES string of the molecule is Cc1nnc(SCC(=O)Nc2cc([N+](=O)[O-])ccc2F)n1C1CC1. The van der Waals surface area contributed by atoms with Crippen LogP contribution in [-0.4, -0.2) is 31.3 Å². The summed E-state index contributed by atoms with van der Waals surface area (Å²) < 4.78 is 15.7. The molecule has 0 atom stereocenters. The Hall–Kier alpha value is -2.49. The number of halogens is 1. The molecular weight excluding hydrogens is 337 g/mol. The lowest BCUT2D eigenvalue weighted by atomic mass is 10.2. The Morgan fingerprint density at radius 1 is 1.50 bits per heavy atom. The third-order valence-electron chi connectivity index (χ3n) is 3.51. The highest BCUT2D eigenvalue weighted by Crippen LogP contribution is 2.38. The van der Waals surface area contributed by atoms with Crippen molar-refractivity contribution in [1.29, 1.82) is 0 Å². The van der Waals surface area contributed by atoms with E-state index in [-0.39, 0.29) is 17.1 Å². The fraction of sp³-hybridized carbons (Fsp3) is 0.357. The average Bonchev–Trinajstić information content (AvgIpc) is 3.30. The number of non-ortho nitro benzene ring substituents is 1. The number of nitrogens with zero attached hydrogens (tertiary/aromatic N) is 4. The Balaban J connectivity index is 1.64. The molecule has 0 unspecified atom stereocenters. The summed E-state index contributed by atoms with van der Waals surface area (Å²) in [7, 11) is 0. The Kier molecular flexibility index (Phi) is 4.47. The van der Waals surface area contributed by atoms with E-state index in [1.165, 1.54) is 11.8 Å². The number of benzene rings is 1. The summed E-state index contributed by atoms with van der Waals surface area (Å²) in [6, 6.07) is 3.38. The Morgan fingerprint density at radius 2 is 2.25 bits per heavy atom. The quantitative estimate of drug-likeness (QED) is 0.487. The summed E-state index contributed by atoms with van der Waals surface area (Å²) in [5.74, 6) is -0.393. The van der Waals surface area contributed by atoms with Crippen LogP contribution in [0.5, 0.6) is 0 Å². The van der Waals surface area contributed by atoms with Gasteiger partial charge in [-0.05, 0) is 25.8 Å². The van der Waals surface area contributed by atoms with Gasteiger partial charge in [-0.2, -0.15) is 0 Å². The smallest absolute Gasteiger partial charge is 0.271 e. The van der Waals surface area contributed by atoms with Crippen LogP contribution < -0.4 is 5.32 Å². The van der Waals surface area contributed by atoms with Gasteiger partial charge in [-0.3, -0.25) is 14.9 Å². The summed E-state index contributed by atoms with van der Waals surface area (Å²) >= 11 is 1.20. The zero-order chi connectivity index (χ0) is 17.3. The van der Waals surface area contributed by atoms with Crippen LogP contribution in [0.25, 0.3) is 0 Å². The Labute approximate surface area is 140 Å². The molecule has 1 fully saturated rings. The first-order chi connectivity index (χ1) is 11.5. The molecular formula is C14H14FN5O3S. The lowest BCUT2D eigenvalue weighted by Crippen LogP contribution is -2.15. The van der Waals surface area contributed by atoms with Crippen molar-refractivity contribution in [2.75, 3.05) is 11.1 Å². The number of anilines is 1. The number of nitro groups is 1. The molecule has 1 aliphatic carbocycles. The highest BCUT2D eigenvalue weighted by atomic mass is 32.2. The van der Waals surface area contributed by atoms with Gasteiger partial charge in [0.1, 0.15) is 11.6 Å². The Morgan fingerprint density at radius 3 is 2.92 bits per heavy atom. The summed E-state index contributed by atoms with van der Waals surface area (Å²) in [6.45, 7) is 1.86. The number of amides is 1. The summed E-state index contributed by atoms with van der Waals surface area (Å²) in [5.41, 5.74) is -0.502. The minimum atomic E-state index is -0.726. The number of rotatable bonds is 6. The van der Waals surface area contributed by atoms with Gasteiger partial charge in [0, 0.05) is 18.2 Å². The van der Waals surface area contributed by atoms with Crippen LogP contribution in [0.3, 0.4) is 0 Å². The van der Waals surface area contributed by atoms with Crippen LogP contribution in [0.15, 0.2) is 23.4 Å². The molecule has 2 aromatic rings. The van der Waals surface area contributed by atoms with E-state index >= 15 is 0 Å². The van der Waals surface area contributed by atoms with Crippen molar-refractivity contribution in [3.8, 4) is 0 Å². The fourth-order valence-electron chi connectivity index (χ4n) is 2.24. The molecule has 1 aliphatic rings. The number of hydrogen-bond donors (Lipinski definition) is 1. The monoisotopic (exact) mass is 351 g/mol. The topological polar surface area (TPSA) is 103 Å². The lowest BCUT2D eigenvalue weighted by Gasteiger charge is -2.07. The first kappa shape index (κ1) is 16.4. The molecule has 1 aromatic heterocycles. The van der Waals surface area contributed by atoms with Gasteiger partial charge in [0.15, 0.2) is 5.16 Å². The van der Waals surface area contributed by atoms with Crippen LogP contribution in [0.2, 0.25) is 0 Å². The second-order valence-corrected chi connectivity index (χ2v) is 6.33. The molecule has 8 nitrogen and oxygen atoms in total. The van der Waals surface area contributed by atoms with E-state index in [2.05, 4.69) is 15.5 Å². The molecule has 0 spiro atoms. The number of carbonyl (C=O) groups is 1. The molecule has 126 valence electrons. The molecule has 1 N–H and O–H groups in total. The van der Waals surface area contributed by atoms with E-state index in [1.807, 2.05) is 11.5 Å². The minimum absolute atomic E-state index is 0.00693.